The lowest BCUT2D eigenvalue weighted by atomic mass is 10.1. The molecule has 0 saturated heterocycles. The highest BCUT2D eigenvalue weighted by molar-refractivity contribution is 6.01. The maximum absolute atomic E-state index is 12.3. The molecule has 0 aliphatic rings. The number of rotatable bonds is 9. The summed E-state index contributed by atoms with van der Waals surface area (Å²) in [5.74, 6) is -0.166. The molecule has 0 radical (unpaired) electrons. The van der Waals surface area contributed by atoms with Crippen molar-refractivity contribution in [2.24, 2.45) is 0 Å². The van der Waals surface area contributed by atoms with Crippen LogP contribution < -0.4 is 15.4 Å². The van der Waals surface area contributed by atoms with Gasteiger partial charge in [-0.05, 0) is 54.8 Å². The molecule has 0 aliphatic heterocycles. The van der Waals surface area contributed by atoms with Crippen LogP contribution in [-0.2, 0) is 16.0 Å². The third-order valence-corrected chi connectivity index (χ3v) is 4.80. The maximum atomic E-state index is 12.3. The van der Waals surface area contributed by atoms with E-state index in [2.05, 4.69) is 10.6 Å². The van der Waals surface area contributed by atoms with Crippen molar-refractivity contribution in [3.8, 4) is 11.8 Å². The first kappa shape index (κ1) is 23.3. The summed E-state index contributed by atoms with van der Waals surface area (Å²) < 4.78 is 5.52. The Morgan fingerprint density at radius 3 is 2.33 bits per heavy atom. The summed E-state index contributed by atoms with van der Waals surface area (Å²) in [7, 11) is 0. The minimum atomic E-state index is -0.415. The smallest absolute Gasteiger partial charge is 0.262 e. The van der Waals surface area contributed by atoms with E-state index in [1.54, 1.807) is 24.3 Å². The summed E-state index contributed by atoms with van der Waals surface area (Å²) in [5.41, 5.74) is 3.64. The van der Waals surface area contributed by atoms with Crippen LogP contribution in [0.3, 0.4) is 0 Å². The van der Waals surface area contributed by atoms with Crippen molar-refractivity contribution in [3.05, 3.63) is 101 Å². The molecule has 0 unspecified atom stereocenters. The Bertz CT molecular complexity index is 1150. The molecule has 0 aromatic heterocycles. The van der Waals surface area contributed by atoms with Gasteiger partial charge in [-0.1, -0.05) is 60.2 Å². The Morgan fingerprint density at radius 2 is 1.67 bits per heavy atom. The fourth-order valence-corrected chi connectivity index (χ4v) is 3.02. The van der Waals surface area contributed by atoms with Crippen LogP contribution in [0.4, 0.5) is 5.69 Å². The summed E-state index contributed by atoms with van der Waals surface area (Å²) in [6.45, 7) is 2.29. The van der Waals surface area contributed by atoms with Crippen molar-refractivity contribution < 1.29 is 14.3 Å². The van der Waals surface area contributed by atoms with Gasteiger partial charge in [0, 0.05) is 12.2 Å². The van der Waals surface area contributed by atoms with Gasteiger partial charge >= 0.3 is 0 Å². The number of nitrogens with one attached hydrogen (secondary N) is 2. The molecule has 0 aliphatic carbocycles. The number of anilines is 1. The Morgan fingerprint density at radius 1 is 0.970 bits per heavy atom. The average molecular weight is 440 g/mol. The lowest BCUT2D eigenvalue weighted by Crippen LogP contribution is -2.26. The number of hydrogen-bond acceptors (Lipinski definition) is 4. The SMILES string of the molecule is Cc1ccc(NC(=O)COc2ccc(/C=C(\C#N)C(=O)NCCc3ccccc3)cc2)cc1. The topological polar surface area (TPSA) is 91.2 Å². The molecule has 3 aromatic carbocycles. The molecule has 0 spiro atoms. The second kappa shape index (κ2) is 11.9. The van der Waals surface area contributed by atoms with Gasteiger partial charge in [0.25, 0.3) is 11.8 Å². The first-order chi connectivity index (χ1) is 16.0. The third-order valence-electron chi connectivity index (χ3n) is 4.80. The Balaban J connectivity index is 1.49. The highest BCUT2D eigenvalue weighted by Gasteiger charge is 2.09. The van der Waals surface area contributed by atoms with Crippen LogP contribution in [0.25, 0.3) is 6.08 Å². The molecular formula is C27H25N3O3. The Hall–Kier alpha value is -4.37. The van der Waals surface area contributed by atoms with Gasteiger partial charge in [-0.3, -0.25) is 9.59 Å². The predicted molar refractivity (Wildman–Crippen MR) is 128 cm³/mol. The summed E-state index contributed by atoms with van der Waals surface area (Å²) in [5, 5.41) is 14.9. The number of benzene rings is 3. The number of aryl methyl sites for hydroxylation is 1. The number of nitrogens with zero attached hydrogens (tertiary/aromatic N) is 1. The van der Waals surface area contributed by atoms with Gasteiger partial charge < -0.3 is 15.4 Å². The van der Waals surface area contributed by atoms with Crippen LogP contribution in [0, 0.1) is 18.3 Å². The largest absolute Gasteiger partial charge is 0.484 e. The molecule has 2 amide bonds. The van der Waals surface area contributed by atoms with E-state index >= 15 is 0 Å². The summed E-state index contributed by atoms with van der Waals surface area (Å²) in [6.07, 6.45) is 2.21. The fraction of sp³-hybridized carbons (Fsp3) is 0.148. The highest BCUT2D eigenvalue weighted by atomic mass is 16.5. The second-order valence-corrected chi connectivity index (χ2v) is 7.43. The average Bonchev–Trinajstić information content (AvgIpc) is 2.84. The lowest BCUT2D eigenvalue weighted by molar-refractivity contribution is -0.118. The highest BCUT2D eigenvalue weighted by Crippen LogP contribution is 2.15. The van der Waals surface area contributed by atoms with Gasteiger partial charge in [0.1, 0.15) is 17.4 Å². The molecule has 6 heteroatoms. The van der Waals surface area contributed by atoms with E-state index in [1.807, 2.05) is 67.6 Å². The summed E-state index contributed by atoms with van der Waals surface area (Å²) >= 11 is 0. The molecule has 6 nitrogen and oxygen atoms in total. The van der Waals surface area contributed by atoms with Crippen LogP contribution in [0.15, 0.2) is 84.4 Å². The van der Waals surface area contributed by atoms with E-state index in [0.29, 0.717) is 30.0 Å². The molecule has 0 fully saturated rings. The number of amides is 2. The second-order valence-electron chi connectivity index (χ2n) is 7.43. The van der Waals surface area contributed by atoms with Gasteiger partial charge in [-0.15, -0.1) is 0 Å². The van der Waals surface area contributed by atoms with Crippen molar-refractivity contribution >= 4 is 23.6 Å². The zero-order valence-corrected chi connectivity index (χ0v) is 18.4. The first-order valence-electron chi connectivity index (χ1n) is 10.6. The van der Waals surface area contributed by atoms with Gasteiger partial charge in [0.05, 0.1) is 0 Å². The van der Waals surface area contributed by atoms with Crippen molar-refractivity contribution in [1.29, 1.82) is 5.26 Å². The molecule has 33 heavy (non-hydrogen) atoms. The molecule has 0 heterocycles. The summed E-state index contributed by atoms with van der Waals surface area (Å²) in [6, 6.07) is 26.1. The molecule has 3 aromatic rings. The van der Waals surface area contributed by atoms with Crippen LogP contribution in [0.1, 0.15) is 16.7 Å². The lowest BCUT2D eigenvalue weighted by Gasteiger charge is -2.08. The fourth-order valence-electron chi connectivity index (χ4n) is 3.02. The summed E-state index contributed by atoms with van der Waals surface area (Å²) in [4.78, 5) is 24.4. The number of hydrogen-bond donors (Lipinski definition) is 2. The van der Waals surface area contributed by atoms with E-state index in [1.165, 1.54) is 6.08 Å². The van der Waals surface area contributed by atoms with Gasteiger partial charge in [-0.2, -0.15) is 5.26 Å². The quantitative estimate of drug-likeness (QED) is 0.385. The Labute approximate surface area is 193 Å². The first-order valence-corrected chi connectivity index (χ1v) is 10.6. The predicted octanol–water partition coefficient (Wildman–Crippen LogP) is 4.28. The normalized spacial score (nSPS) is 10.7. The minimum Gasteiger partial charge on any atom is -0.484 e. The van der Waals surface area contributed by atoms with Crippen LogP contribution in [-0.4, -0.2) is 25.0 Å². The minimum absolute atomic E-state index is 0.0224. The van der Waals surface area contributed by atoms with Crippen LogP contribution in [0.2, 0.25) is 0 Å². The molecular weight excluding hydrogens is 414 g/mol. The number of nitriles is 1. The van der Waals surface area contributed by atoms with Crippen molar-refractivity contribution in [1.82, 2.24) is 5.32 Å². The van der Waals surface area contributed by atoms with Crippen molar-refractivity contribution in [2.75, 3.05) is 18.5 Å². The van der Waals surface area contributed by atoms with E-state index in [0.717, 1.165) is 11.1 Å². The number of ether oxygens (including phenoxy) is 1. The molecule has 2 N–H and O–H groups in total. The molecule has 166 valence electrons. The van der Waals surface area contributed by atoms with E-state index in [9.17, 15) is 14.9 Å². The monoisotopic (exact) mass is 439 g/mol. The number of carbonyl (C=O) groups excluding carboxylic acids is 2. The van der Waals surface area contributed by atoms with E-state index in [-0.39, 0.29) is 18.1 Å². The van der Waals surface area contributed by atoms with Crippen molar-refractivity contribution in [3.63, 3.8) is 0 Å². The number of carbonyl (C=O) groups is 2. The Kier molecular flexibility index (Phi) is 8.38. The van der Waals surface area contributed by atoms with Crippen LogP contribution >= 0.6 is 0 Å². The molecule has 3 rings (SSSR count). The van der Waals surface area contributed by atoms with E-state index < -0.39 is 5.91 Å². The molecule has 0 saturated carbocycles. The molecule has 0 atom stereocenters. The van der Waals surface area contributed by atoms with Crippen LogP contribution in [0.5, 0.6) is 5.75 Å². The van der Waals surface area contributed by atoms with E-state index in [4.69, 9.17) is 4.74 Å². The van der Waals surface area contributed by atoms with Gasteiger partial charge in [0.15, 0.2) is 6.61 Å². The third kappa shape index (κ3) is 7.67. The maximum Gasteiger partial charge on any atom is 0.262 e. The zero-order valence-electron chi connectivity index (χ0n) is 18.4. The molecule has 0 bridgehead atoms. The standard InChI is InChI=1S/C27H25N3O3/c1-20-7-11-24(12-8-20)30-26(31)19-33-25-13-9-22(10-14-25)17-23(18-28)27(32)29-16-15-21-5-3-2-4-6-21/h2-14,17H,15-16,19H2,1H3,(H,29,32)(H,30,31)/b23-17+. The van der Waals surface area contributed by atoms with Gasteiger partial charge in [-0.25, -0.2) is 0 Å². The van der Waals surface area contributed by atoms with Crippen molar-refractivity contribution in [2.45, 2.75) is 13.3 Å². The van der Waals surface area contributed by atoms with Gasteiger partial charge in [0.2, 0.25) is 0 Å². The zero-order chi connectivity index (χ0) is 23.5.